The quantitative estimate of drug-likeness (QED) is 0.496. The molecule has 0 spiro atoms. The number of halogens is 1. The molecule has 0 aromatic carbocycles. The third-order valence-corrected chi connectivity index (χ3v) is 2.32. The van der Waals surface area contributed by atoms with Crippen LogP contribution in [-0.4, -0.2) is 35.4 Å². The van der Waals surface area contributed by atoms with Gasteiger partial charge >= 0.3 is 5.97 Å². The molecule has 0 saturated carbocycles. The Hall–Kier alpha value is -1.69. The van der Waals surface area contributed by atoms with E-state index in [0.29, 0.717) is 12.1 Å². The summed E-state index contributed by atoms with van der Waals surface area (Å²) in [7, 11) is 1.28. The number of anilines is 1. The SMILES string of the molecule is COC(=O)C(C)Nc1nc(C)nc(Cl)c1C=O. The molecule has 0 aliphatic heterocycles. The number of aldehydes is 1. The third-order valence-electron chi connectivity index (χ3n) is 2.04. The number of hydrogen-bond acceptors (Lipinski definition) is 6. The maximum atomic E-state index is 11.2. The Morgan fingerprint density at radius 2 is 2.18 bits per heavy atom. The van der Waals surface area contributed by atoms with Gasteiger partial charge in [-0.15, -0.1) is 0 Å². The van der Waals surface area contributed by atoms with E-state index in [1.54, 1.807) is 13.8 Å². The number of esters is 1. The second-order valence-electron chi connectivity index (χ2n) is 3.33. The van der Waals surface area contributed by atoms with E-state index in [2.05, 4.69) is 20.0 Å². The van der Waals surface area contributed by atoms with Gasteiger partial charge in [-0.1, -0.05) is 11.6 Å². The molecule has 0 bridgehead atoms. The lowest BCUT2D eigenvalue weighted by Crippen LogP contribution is -2.28. The van der Waals surface area contributed by atoms with E-state index >= 15 is 0 Å². The number of ether oxygens (including phenoxy) is 1. The first kappa shape index (κ1) is 13.4. The average Bonchev–Trinajstić information content (AvgIpc) is 2.27. The molecule has 6 nitrogen and oxygen atoms in total. The van der Waals surface area contributed by atoms with E-state index in [1.807, 2.05) is 0 Å². The summed E-state index contributed by atoms with van der Waals surface area (Å²) in [6, 6.07) is -0.635. The Kier molecular flexibility index (Phi) is 4.39. The zero-order chi connectivity index (χ0) is 13.0. The fourth-order valence-electron chi connectivity index (χ4n) is 1.20. The summed E-state index contributed by atoms with van der Waals surface area (Å²) < 4.78 is 4.55. The lowest BCUT2D eigenvalue weighted by Gasteiger charge is -2.14. The Morgan fingerprint density at radius 1 is 1.53 bits per heavy atom. The second kappa shape index (κ2) is 5.58. The highest BCUT2D eigenvalue weighted by Crippen LogP contribution is 2.19. The number of methoxy groups -OCH3 is 1. The van der Waals surface area contributed by atoms with Crippen LogP contribution in [0.1, 0.15) is 23.1 Å². The molecule has 7 heteroatoms. The molecule has 92 valence electrons. The standard InChI is InChI=1S/C10H12ClN3O3/c1-5(10(16)17-3)12-9-7(4-15)8(11)13-6(2)14-9/h4-5H,1-3H3,(H,12,13,14). The van der Waals surface area contributed by atoms with Crippen molar-refractivity contribution in [3.63, 3.8) is 0 Å². The molecule has 1 atom stereocenters. The van der Waals surface area contributed by atoms with Crippen LogP contribution in [0.5, 0.6) is 0 Å². The van der Waals surface area contributed by atoms with Crippen LogP contribution in [0.4, 0.5) is 5.82 Å². The smallest absolute Gasteiger partial charge is 0.328 e. The predicted molar refractivity (Wildman–Crippen MR) is 62.3 cm³/mol. The van der Waals surface area contributed by atoms with Gasteiger partial charge in [0.25, 0.3) is 0 Å². The number of aryl methyl sites for hydroxylation is 1. The molecule has 0 saturated heterocycles. The van der Waals surface area contributed by atoms with Gasteiger partial charge in [-0.25, -0.2) is 14.8 Å². The van der Waals surface area contributed by atoms with Gasteiger partial charge in [0.1, 0.15) is 22.8 Å². The zero-order valence-electron chi connectivity index (χ0n) is 9.65. The topological polar surface area (TPSA) is 81.2 Å². The van der Waals surface area contributed by atoms with Gasteiger partial charge in [-0.3, -0.25) is 4.79 Å². The Bertz CT molecular complexity index is 451. The van der Waals surface area contributed by atoms with Crippen molar-refractivity contribution in [2.24, 2.45) is 0 Å². The highest BCUT2D eigenvalue weighted by molar-refractivity contribution is 6.32. The summed E-state index contributed by atoms with van der Waals surface area (Å²) in [5.74, 6) is 0.157. The molecule has 0 aliphatic rings. The molecule has 0 aliphatic carbocycles. The second-order valence-corrected chi connectivity index (χ2v) is 3.69. The normalized spacial score (nSPS) is 11.8. The van der Waals surface area contributed by atoms with Crippen LogP contribution in [-0.2, 0) is 9.53 Å². The van der Waals surface area contributed by atoms with Crippen LogP contribution in [0, 0.1) is 6.92 Å². The van der Waals surface area contributed by atoms with E-state index in [0.717, 1.165) is 0 Å². The first-order valence-corrected chi connectivity index (χ1v) is 5.21. The fraction of sp³-hybridized carbons (Fsp3) is 0.400. The Morgan fingerprint density at radius 3 is 2.71 bits per heavy atom. The summed E-state index contributed by atoms with van der Waals surface area (Å²) in [4.78, 5) is 30.0. The van der Waals surface area contributed by atoms with Crippen molar-refractivity contribution < 1.29 is 14.3 Å². The monoisotopic (exact) mass is 257 g/mol. The molecular weight excluding hydrogens is 246 g/mol. The van der Waals surface area contributed by atoms with Gasteiger partial charge in [0, 0.05) is 0 Å². The molecule has 1 aromatic heterocycles. The minimum atomic E-state index is -0.635. The van der Waals surface area contributed by atoms with Crippen LogP contribution in [0.25, 0.3) is 0 Å². The van der Waals surface area contributed by atoms with Crippen molar-refractivity contribution in [1.82, 2.24) is 9.97 Å². The van der Waals surface area contributed by atoms with Crippen molar-refractivity contribution in [3.8, 4) is 0 Å². The molecule has 1 rings (SSSR count). The fourth-order valence-corrected chi connectivity index (χ4v) is 1.46. The highest BCUT2D eigenvalue weighted by atomic mass is 35.5. The van der Waals surface area contributed by atoms with Gasteiger partial charge in [-0.2, -0.15) is 0 Å². The van der Waals surface area contributed by atoms with Crippen LogP contribution in [0.3, 0.4) is 0 Å². The summed E-state index contributed by atoms with van der Waals surface area (Å²) in [5, 5.41) is 2.80. The Labute approximate surface area is 103 Å². The minimum Gasteiger partial charge on any atom is -0.467 e. The number of nitrogens with zero attached hydrogens (tertiary/aromatic N) is 2. The number of rotatable bonds is 4. The maximum absolute atomic E-state index is 11.2. The molecule has 1 N–H and O–H groups in total. The molecule has 1 unspecified atom stereocenters. The summed E-state index contributed by atoms with van der Waals surface area (Å²) >= 11 is 5.79. The zero-order valence-corrected chi connectivity index (χ0v) is 10.4. The summed E-state index contributed by atoms with van der Waals surface area (Å²) in [5.41, 5.74) is 0.119. The van der Waals surface area contributed by atoms with Crippen LogP contribution >= 0.6 is 11.6 Å². The maximum Gasteiger partial charge on any atom is 0.328 e. The molecule has 0 amide bonds. The van der Waals surface area contributed by atoms with Gasteiger partial charge in [0.2, 0.25) is 0 Å². The third kappa shape index (κ3) is 3.13. The van der Waals surface area contributed by atoms with Crippen molar-refractivity contribution >= 4 is 29.7 Å². The Balaban J connectivity index is 3.05. The molecule has 1 heterocycles. The van der Waals surface area contributed by atoms with Gasteiger partial charge in [0.15, 0.2) is 6.29 Å². The lowest BCUT2D eigenvalue weighted by molar-refractivity contribution is -0.141. The van der Waals surface area contributed by atoms with E-state index in [9.17, 15) is 9.59 Å². The number of carbonyl (C=O) groups is 2. The largest absolute Gasteiger partial charge is 0.467 e. The van der Waals surface area contributed by atoms with E-state index in [1.165, 1.54) is 7.11 Å². The van der Waals surface area contributed by atoms with Crippen LogP contribution in [0.2, 0.25) is 5.15 Å². The van der Waals surface area contributed by atoms with Crippen molar-refractivity contribution in [2.45, 2.75) is 19.9 Å². The van der Waals surface area contributed by atoms with Crippen molar-refractivity contribution in [3.05, 3.63) is 16.5 Å². The number of nitrogens with one attached hydrogen (secondary N) is 1. The lowest BCUT2D eigenvalue weighted by atomic mass is 10.3. The molecule has 1 aromatic rings. The number of aromatic nitrogens is 2. The molecule has 17 heavy (non-hydrogen) atoms. The van der Waals surface area contributed by atoms with Gasteiger partial charge in [-0.05, 0) is 13.8 Å². The predicted octanol–water partition coefficient (Wildman–Crippen LogP) is 1.22. The summed E-state index contributed by atoms with van der Waals surface area (Å²) in [6.07, 6.45) is 0.536. The van der Waals surface area contributed by atoms with Gasteiger partial charge in [0.05, 0.1) is 12.7 Å². The van der Waals surface area contributed by atoms with Crippen LogP contribution in [0.15, 0.2) is 0 Å². The molecule has 0 radical (unpaired) electrons. The van der Waals surface area contributed by atoms with E-state index < -0.39 is 12.0 Å². The van der Waals surface area contributed by atoms with Crippen molar-refractivity contribution in [1.29, 1.82) is 0 Å². The van der Waals surface area contributed by atoms with E-state index in [4.69, 9.17) is 11.6 Å². The number of carbonyl (C=O) groups excluding carboxylic acids is 2. The highest BCUT2D eigenvalue weighted by Gasteiger charge is 2.17. The summed E-state index contributed by atoms with van der Waals surface area (Å²) in [6.45, 7) is 3.22. The average molecular weight is 258 g/mol. The van der Waals surface area contributed by atoms with Crippen LogP contribution < -0.4 is 5.32 Å². The van der Waals surface area contributed by atoms with E-state index in [-0.39, 0.29) is 16.5 Å². The van der Waals surface area contributed by atoms with Gasteiger partial charge < -0.3 is 10.1 Å². The molecule has 0 fully saturated rings. The molecular formula is C10H12ClN3O3. The minimum absolute atomic E-state index is 0.0482. The first-order chi connectivity index (χ1) is 7.99. The van der Waals surface area contributed by atoms with Crippen molar-refractivity contribution in [2.75, 3.05) is 12.4 Å². The number of hydrogen-bond donors (Lipinski definition) is 1. The first-order valence-electron chi connectivity index (χ1n) is 4.83.